The van der Waals surface area contributed by atoms with Crippen LogP contribution < -0.4 is 5.69 Å². The number of halogens is 3. The number of aliphatic hydroxyl groups excluding tert-OH is 1. The van der Waals surface area contributed by atoms with E-state index >= 15 is 0 Å². The Hall–Kier alpha value is -3.48. The predicted molar refractivity (Wildman–Crippen MR) is 140 cm³/mol. The number of aromatic nitrogens is 5. The van der Waals surface area contributed by atoms with Crippen molar-refractivity contribution in [2.45, 2.75) is 49.9 Å². The molecule has 12 heteroatoms. The molecule has 0 saturated carbocycles. The highest BCUT2D eigenvalue weighted by Crippen LogP contribution is 2.37. The van der Waals surface area contributed by atoms with Gasteiger partial charge in [0.25, 0.3) is 0 Å². The summed E-state index contributed by atoms with van der Waals surface area (Å²) in [5, 5.41) is 18.3. The third-order valence-electron chi connectivity index (χ3n) is 8.06. The third kappa shape index (κ3) is 4.95. The molecule has 2 aliphatic rings. The predicted octanol–water partition coefficient (Wildman–Crippen LogP) is 3.10. The largest absolute Gasteiger partial charge is 0.418 e. The minimum Gasteiger partial charge on any atom is -0.392 e. The summed E-state index contributed by atoms with van der Waals surface area (Å²) < 4.78 is 52.4. The number of rotatable bonds is 6. The Kier molecular flexibility index (Phi) is 6.79. The van der Waals surface area contributed by atoms with Gasteiger partial charge in [0.05, 0.1) is 36.1 Å². The van der Waals surface area contributed by atoms with Crippen LogP contribution in [0.15, 0.2) is 53.8 Å². The van der Waals surface area contributed by atoms with Crippen LogP contribution in [0.1, 0.15) is 41.8 Å². The molecule has 0 amide bonds. The standard InChI is InChI=1S/C28H31F3N6O3/c1-34-18-32-33-25(34)11-27(16-40-17-27)20-5-4-6-21(10-20)36-15-24-23(28(29,30)31)9-19(13-37(24)26(36)39)12-35-8-3-2-7-22(38)14-35/h4-6,9-10,13,15,18,22,38H,2-3,7-8,11-12,14,16-17H2,1H3/t22-/m1/s1. The van der Waals surface area contributed by atoms with E-state index in [1.165, 1.54) is 17.0 Å². The summed E-state index contributed by atoms with van der Waals surface area (Å²) in [6, 6.07) is 8.42. The first kappa shape index (κ1) is 26.7. The Balaban J connectivity index is 1.39. The van der Waals surface area contributed by atoms with Crippen LogP contribution in [0, 0.1) is 0 Å². The Morgan fingerprint density at radius 1 is 1.18 bits per heavy atom. The fourth-order valence-electron chi connectivity index (χ4n) is 5.82. The molecule has 1 atom stereocenters. The Bertz CT molecular complexity index is 1590. The average Bonchev–Trinajstić information content (AvgIpc) is 3.37. The first-order valence-corrected chi connectivity index (χ1v) is 13.4. The molecule has 40 heavy (non-hydrogen) atoms. The third-order valence-corrected chi connectivity index (χ3v) is 8.06. The highest BCUT2D eigenvalue weighted by Gasteiger charge is 2.42. The van der Waals surface area contributed by atoms with Gasteiger partial charge in [-0.05, 0) is 55.1 Å². The highest BCUT2D eigenvalue weighted by atomic mass is 19.4. The van der Waals surface area contributed by atoms with E-state index in [1.807, 2.05) is 28.6 Å². The topological polar surface area (TPSA) is 89.8 Å². The van der Waals surface area contributed by atoms with Gasteiger partial charge in [-0.25, -0.2) is 4.79 Å². The van der Waals surface area contributed by atoms with Gasteiger partial charge < -0.3 is 14.4 Å². The molecule has 2 saturated heterocycles. The van der Waals surface area contributed by atoms with Crippen molar-refractivity contribution >= 4 is 5.52 Å². The van der Waals surface area contributed by atoms with Gasteiger partial charge in [0.1, 0.15) is 12.2 Å². The number of aliphatic hydroxyl groups is 1. The van der Waals surface area contributed by atoms with Gasteiger partial charge in [-0.1, -0.05) is 12.1 Å². The van der Waals surface area contributed by atoms with E-state index < -0.39 is 23.5 Å². The lowest BCUT2D eigenvalue weighted by Gasteiger charge is -2.41. The molecule has 0 radical (unpaired) electrons. The van der Waals surface area contributed by atoms with Gasteiger partial charge in [-0.15, -0.1) is 10.2 Å². The maximum atomic E-state index is 14.2. The molecule has 3 aromatic heterocycles. The number of fused-ring (bicyclic) bond motifs is 1. The van der Waals surface area contributed by atoms with Gasteiger partial charge in [0.2, 0.25) is 0 Å². The second kappa shape index (κ2) is 10.2. The van der Waals surface area contributed by atoms with Crippen molar-refractivity contribution in [2.75, 3.05) is 26.3 Å². The summed E-state index contributed by atoms with van der Waals surface area (Å²) in [5.41, 5.74) is -0.262. The van der Waals surface area contributed by atoms with E-state index in [-0.39, 0.29) is 17.5 Å². The molecule has 9 nitrogen and oxygen atoms in total. The quantitative estimate of drug-likeness (QED) is 0.393. The van der Waals surface area contributed by atoms with Crippen LogP contribution in [0.25, 0.3) is 11.2 Å². The smallest absolute Gasteiger partial charge is 0.392 e. The molecular formula is C28H31F3N6O3. The molecule has 5 heterocycles. The Labute approximate surface area is 228 Å². The minimum atomic E-state index is -4.65. The van der Waals surface area contributed by atoms with Gasteiger partial charge in [0.15, 0.2) is 0 Å². The normalized spacial score (nSPS) is 20.0. The molecule has 0 bridgehead atoms. The summed E-state index contributed by atoms with van der Waals surface area (Å²) in [6.45, 7) is 2.21. The lowest BCUT2D eigenvalue weighted by molar-refractivity contribution is -0.136. The summed E-state index contributed by atoms with van der Waals surface area (Å²) in [6.07, 6.45) is 2.21. The van der Waals surface area contributed by atoms with Crippen molar-refractivity contribution in [3.63, 3.8) is 0 Å². The fraction of sp³-hybridized carbons (Fsp3) is 0.464. The van der Waals surface area contributed by atoms with Crippen molar-refractivity contribution < 1.29 is 23.0 Å². The number of imidazole rings is 1. The van der Waals surface area contributed by atoms with Gasteiger partial charge in [-0.3, -0.25) is 13.9 Å². The number of β-amino-alcohol motifs (C(OH)–C–C–N with tert-alkyl or cyclic N) is 1. The summed E-state index contributed by atoms with van der Waals surface area (Å²) in [7, 11) is 1.87. The van der Waals surface area contributed by atoms with E-state index in [4.69, 9.17) is 4.74 Å². The number of ether oxygens (including phenoxy) is 1. The lowest BCUT2D eigenvalue weighted by atomic mass is 9.75. The number of hydrogen-bond donors (Lipinski definition) is 1. The second-order valence-electron chi connectivity index (χ2n) is 11.0. The molecule has 1 aromatic carbocycles. The SMILES string of the molecule is Cn1cnnc1CC1(c2cccc(-n3cc4c(C(F)(F)F)cc(CN5CCCC[C@@H](O)C5)cn4c3=O)c2)COC1. The number of hydrogen-bond acceptors (Lipinski definition) is 6. The first-order valence-electron chi connectivity index (χ1n) is 13.4. The van der Waals surface area contributed by atoms with Crippen LogP contribution in [0.3, 0.4) is 0 Å². The molecular weight excluding hydrogens is 525 g/mol. The van der Waals surface area contributed by atoms with E-state index in [0.717, 1.165) is 34.7 Å². The zero-order valence-electron chi connectivity index (χ0n) is 22.1. The van der Waals surface area contributed by atoms with Crippen molar-refractivity contribution in [3.8, 4) is 5.69 Å². The van der Waals surface area contributed by atoms with E-state index in [9.17, 15) is 23.1 Å². The van der Waals surface area contributed by atoms with E-state index in [0.29, 0.717) is 50.4 Å². The minimum absolute atomic E-state index is 0.205. The molecule has 1 N–H and O–H groups in total. The summed E-state index contributed by atoms with van der Waals surface area (Å²) in [5.74, 6) is 0.791. The summed E-state index contributed by atoms with van der Waals surface area (Å²) >= 11 is 0. The maximum absolute atomic E-state index is 14.2. The maximum Gasteiger partial charge on any atom is 0.418 e. The molecule has 212 valence electrons. The van der Waals surface area contributed by atoms with Crippen LogP contribution in [-0.4, -0.2) is 66.1 Å². The Morgan fingerprint density at radius 2 is 2.00 bits per heavy atom. The monoisotopic (exact) mass is 556 g/mol. The van der Waals surface area contributed by atoms with Crippen LogP contribution in [-0.2, 0) is 36.3 Å². The second-order valence-corrected chi connectivity index (χ2v) is 11.0. The average molecular weight is 557 g/mol. The van der Waals surface area contributed by atoms with Crippen LogP contribution >= 0.6 is 0 Å². The van der Waals surface area contributed by atoms with Crippen LogP contribution in [0.5, 0.6) is 0 Å². The van der Waals surface area contributed by atoms with Crippen molar-refractivity contribution in [1.29, 1.82) is 0 Å². The number of pyridine rings is 1. The van der Waals surface area contributed by atoms with E-state index in [1.54, 1.807) is 18.5 Å². The van der Waals surface area contributed by atoms with Crippen molar-refractivity contribution in [2.24, 2.45) is 7.05 Å². The molecule has 0 aliphatic carbocycles. The number of benzene rings is 1. The van der Waals surface area contributed by atoms with Crippen LogP contribution in [0.2, 0.25) is 0 Å². The summed E-state index contributed by atoms with van der Waals surface area (Å²) in [4.78, 5) is 15.5. The molecule has 4 aromatic rings. The fourth-order valence-corrected chi connectivity index (χ4v) is 5.82. The van der Waals surface area contributed by atoms with Gasteiger partial charge in [0, 0.05) is 44.4 Å². The first-order chi connectivity index (χ1) is 19.1. The van der Waals surface area contributed by atoms with E-state index in [2.05, 4.69) is 10.2 Å². The van der Waals surface area contributed by atoms with Crippen molar-refractivity contribution in [3.05, 3.63) is 82.1 Å². The molecule has 6 rings (SSSR count). The Morgan fingerprint density at radius 3 is 2.70 bits per heavy atom. The number of aryl methyl sites for hydroxylation is 1. The number of nitrogens with zero attached hydrogens (tertiary/aromatic N) is 6. The zero-order valence-corrected chi connectivity index (χ0v) is 22.1. The zero-order chi connectivity index (χ0) is 28.1. The molecule has 2 fully saturated rings. The highest BCUT2D eigenvalue weighted by molar-refractivity contribution is 5.58. The van der Waals surface area contributed by atoms with Crippen LogP contribution in [0.4, 0.5) is 13.2 Å². The van der Waals surface area contributed by atoms with Gasteiger partial charge in [-0.2, -0.15) is 13.2 Å². The van der Waals surface area contributed by atoms with Gasteiger partial charge >= 0.3 is 11.9 Å². The number of likely N-dealkylation sites (tertiary alicyclic amines) is 1. The molecule has 0 unspecified atom stereocenters. The molecule has 0 spiro atoms. The lowest BCUT2D eigenvalue weighted by Crippen LogP contribution is -2.49. The number of alkyl halides is 3. The molecule has 2 aliphatic heterocycles. The van der Waals surface area contributed by atoms with Crippen molar-refractivity contribution in [1.82, 2.24) is 28.6 Å².